The zero-order chi connectivity index (χ0) is 16.9. The van der Waals surface area contributed by atoms with E-state index in [0.29, 0.717) is 0 Å². The summed E-state index contributed by atoms with van der Waals surface area (Å²) in [6.45, 7) is 1.92. The number of carbonyl (C=O) groups is 1. The number of hydrazone groups is 1. The highest BCUT2D eigenvalue weighted by Crippen LogP contribution is 2.21. The van der Waals surface area contributed by atoms with Crippen molar-refractivity contribution in [2.45, 2.75) is 13.3 Å². The summed E-state index contributed by atoms with van der Waals surface area (Å²) in [5.74, 6) is 0.649. The number of fused-ring (bicyclic) bond motifs is 1. The molecule has 0 aliphatic heterocycles. The van der Waals surface area contributed by atoms with E-state index in [2.05, 4.69) is 15.5 Å². The van der Waals surface area contributed by atoms with Crippen LogP contribution in [0.15, 0.2) is 46.9 Å². The second-order valence-electron chi connectivity index (χ2n) is 5.30. The number of hydrogen-bond acceptors (Lipinski definition) is 5. The average molecular weight is 339 g/mol. The number of methoxy groups -OCH3 is 1. The van der Waals surface area contributed by atoms with E-state index in [1.54, 1.807) is 13.3 Å². The van der Waals surface area contributed by atoms with Crippen LogP contribution in [0.1, 0.15) is 16.3 Å². The molecule has 0 bridgehead atoms. The lowest BCUT2D eigenvalue weighted by Crippen LogP contribution is -2.19. The lowest BCUT2D eigenvalue weighted by molar-refractivity contribution is -0.120. The summed E-state index contributed by atoms with van der Waals surface area (Å²) in [5, 5.41) is 9.03. The molecule has 6 heteroatoms. The number of thiazole rings is 1. The first-order chi connectivity index (χ1) is 11.6. The zero-order valence-corrected chi connectivity index (χ0v) is 14.3. The molecule has 5 nitrogen and oxygen atoms in total. The molecule has 0 radical (unpaired) electrons. The Labute approximate surface area is 144 Å². The Morgan fingerprint density at radius 3 is 2.83 bits per heavy atom. The van der Waals surface area contributed by atoms with E-state index in [1.165, 1.54) is 11.3 Å². The number of rotatable bonds is 5. The zero-order valence-electron chi connectivity index (χ0n) is 13.4. The van der Waals surface area contributed by atoms with Crippen molar-refractivity contribution in [1.82, 2.24) is 10.4 Å². The Morgan fingerprint density at radius 1 is 1.29 bits per heavy atom. The maximum Gasteiger partial charge on any atom is 0.246 e. The second kappa shape index (κ2) is 7.23. The van der Waals surface area contributed by atoms with Crippen molar-refractivity contribution in [3.05, 3.63) is 58.0 Å². The third-order valence-corrected chi connectivity index (χ3v) is 4.30. The van der Waals surface area contributed by atoms with Gasteiger partial charge in [-0.05, 0) is 41.5 Å². The highest BCUT2D eigenvalue weighted by atomic mass is 32.1. The number of nitrogens with zero attached hydrogens (tertiary/aromatic N) is 2. The maximum atomic E-state index is 11.8. The van der Waals surface area contributed by atoms with Crippen molar-refractivity contribution in [3.63, 3.8) is 0 Å². The summed E-state index contributed by atoms with van der Waals surface area (Å²) in [7, 11) is 1.65. The number of carbonyl (C=O) groups excluding carboxylic acids is 1. The molecule has 1 aromatic heterocycles. The Kier molecular flexibility index (Phi) is 4.86. The van der Waals surface area contributed by atoms with E-state index in [-0.39, 0.29) is 12.3 Å². The fraction of sp³-hybridized carbons (Fsp3) is 0.167. The van der Waals surface area contributed by atoms with E-state index < -0.39 is 0 Å². The number of nitrogens with one attached hydrogen (secondary N) is 1. The van der Waals surface area contributed by atoms with Crippen LogP contribution in [0.4, 0.5) is 0 Å². The van der Waals surface area contributed by atoms with E-state index in [4.69, 9.17) is 4.74 Å². The van der Waals surface area contributed by atoms with Crippen molar-refractivity contribution >= 4 is 34.2 Å². The van der Waals surface area contributed by atoms with Crippen molar-refractivity contribution in [2.75, 3.05) is 7.11 Å². The van der Waals surface area contributed by atoms with Crippen LogP contribution in [0.2, 0.25) is 0 Å². The predicted molar refractivity (Wildman–Crippen MR) is 96.8 cm³/mol. The number of amides is 1. The van der Waals surface area contributed by atoms with Gasteiger partial charge in [0, 0.05) is 5.38 Å². The molecule has 0 unspecified atom stereocenters. The molecule has 0 fully saturated rings. The van der Waals surface area contributed by atoms with Gasteiger partial charge in [-0.15, -0.1) is 11.3 Å². The molecule has 0 aliphatic rings. The molecule has 1 N–H and O–H groups in total. The first-order valence-electron chi connectivity index (χ1n) is 7.45. The van der Waals surface area contributed by atoms with Crippen molar-refractivity contribution in [1.29, 1.82) is 0 Å². The summed E-state index contributed by atoms with van der Waals surface area (Å²) < 4.78 is 5.22. The van der Waals surface area contributed by atoms with Crippen LogP contribution in [0.25, 0.3) is 10.8 Å². The van der Waals surface area contributed by atoms with Crippen LogP contribution in [0, 0.1) is 6.92 Å². The van der Waals surface area contributed by atoms with E-state index in [9.17, 15) is 4.79 Å². The number of ether oxygens (including phenoxy) is 1. The topological polar surface area (TPSA) is 63.6 Å². The first kappa shape index (κ1) is 16.1. The maximum absolute atomic E-state index is 11.8. The molecule has 122 valence electrons. The summed E-state index contributed by atoms with van der Waals surface area (Å²) in [5.41, 5.74) is 4.21. The lowest BCUT2D eigenvalue weighted by atomic mass is 10.1. The standard InChI is InChI=1S/C18H17N3O2S/c1-12-20-16(11-24-12)9-18(22)21-19-10-13-3-4-15-8-17(23-2)6-5-14(15)7-13/h3-8,10-11H,9H2,1-2H3,(H,21,22)/b19-10-. The Balaban J connectivity index is 1.63. The summed E-state index contributed by atoms with van der Waals surface area (Å²) in [4.78, 5) is 16.1. The minimum Gasteiger partial charge on any atom is -0.497 e. The van der Waals surface area contributed by atoms with Crippen molar-refractivity contribution in [2.24, 2.45) is 5.10 Å². The van der Waals surface area contributed by atoms with Gasteiger partial charge in [-0.2, -0.15) is 5.10 Å². The number of aromatic nitrogens is 1. The minimum absolute atomic E-state index is 0.179. The average Bonchev–Trinajstić information content (AvgIpc) is 2.99. The summed E-state index contributed by atoms with van der Waals surface area (Å²) in [6.07, 6.45) is 1.87. The van der Waals surface area contributed by atoms with E-state index >= 15 is 0 Å². The van der Waals surface area contributed by atoms with E-state index in [1.807, 2.05) is 48.7 Å². The monoisotopic (exact) mass is 339 g/mol. The molecular weight excluding hydrogens is 322 g/mol. The van der Waals surface area contributed by atoms with Crippen LogP contribution in [-0.4, -0.2) is 24.2 Å². The number of benzene rings is 2. The molecule has 0 aliphatic carbocycles. The summed E-state index contributed by atoms with van der Waals surface area (Å²) in [6, 6.07) is 11.8. The molecule has 0 saturated carbocycles. The van der Waals surface area contributed by atoms with Crippen LogP contribution >= 0.6 is 11.3 Å². The van der Waals surface area contributed by atoms with Gasteiger partial charge >= 0.3 is 0 Å². The normalized spacial score (nSPS) is 11.1. The van der Waals surface area contributed by atoms with Gasteiger partial charge in [0.25, 0.3) is 0 Å². The van der Waals surface area contributed by atoms with Crippen LogP contribution in [0.3, 0.4) is 0 Å². The van der Waals surface area contributed by atoms with Gasteiger partial charge in [-0.25, -0.2) is 10.4 Å². The van der Waals surface area contributed by atoms with Gasteiger partial charge in [-0.1, -0.05) is 18.2 Å². The highest BCUT2D eigenvalue weighted by Gasteiger charge is 2.05. The Bertz CT molecular complexity index is 902. The fourth-order valence-corrected chi connectivity index (χ4v) is 2.93. The molecule has 0 atom stereocenters. The number of hydrogen-bond donors (Lipinski definition) is 1. The molecule has 24 heavy (non-hydrogen) atoms. The molecule has 0 saturated heterocycles. The van der Waals surface area contributed by atoms with Gasteiger partial charge < -0.3 is 4.74 Å². The van der Waals surface area contributed by atoms with Gasteiger partial charge in [0.2, 0.25) is 5.91 Å². The fourth-order valence-electron chi connectivity index (χ4n) is 2.32. The van der Waals surface area contributed by atoms with Gasteiger partial charge in [0.1, 0.15) is 5.75 Å². The van der Waals surface area contributed by atoms with Gasteiger partial charge in [0.05, 0.1) is 30.4 Å². The second-order valence-corrected chi connectivity index (χ2v) is 6.36. The third-order valence-electron chi connectivity index (χ3n) is 3.48. The molecule has 0 spiro atoms. The third kappa shape index (κ3) is 3.97. The predicted octanol–water partition coefficient (Wildman–Crippen LogP) is 3.31. The van der Waals surface area contributed by atoms with Crippen molar-refractivity contribution in [3.8, 4) is 5.75 Å². The van der Waals surface area contributed by atoms with E-state index in [0.717, 1.165) is 32.8 Å². The van der Waals surface area contributed by atoms with Crippen LogP contribution in [0.5, 0.6) is 5.75 Å². The van der Waals surface area contributed by atoms with Crippen LogP contribution < -0.4 is 10.2 Å². The Morgan fingerprint density at radius 2 is 2.08 bits per heavy atom. The quantitative estimate of drug-likeness (QED) is 0.573. The highest BCUT2D eigenvalue weighted by molar-refractivity contribution is 7.09. The molecule has 3 rings (SSSR count). The van der Waals surface area contributed by atoms with Gasteiger partial charge in [-0.3, -0.25) is 4.79 Å². The lowest BCUT2D eigenvalue weighted by Gasteiger charge is -2.03. The minimum atomic E-state index is -0.179. The van der Waals surface area contributed by atoms with Gasteiger partial charge in [0.15, 0.2) is 0 Å². The largest absolute Gasteiger partial charge is 0.497 e. The van der Waals surface area contributed by atoms with Crippen LogP contribution in [-0.2, 0) is 11.2 Å². The summed E-state index contributed by atoms with van der Waals surface area (Å²) >= 11 is 1.53. The SMILES string of the molecule is COc1ccc2cc(/C=N\NC(=O)Cc3csc(C)n3)ccc2c1. The van der Waals surface area contributed by atoms with Crippen molar-refractivity contribution < 1.29 is 9.53 Å². The molecule has 2 aromatic carbocycles. The smallest absolute Gasteiger partial charge is 0.246 e. The molecule has 1 heterocycles. The first-order valence-corrected chi connectivity index (χ1v) is 8.33. The molecular formula is C18H17N3O2S. The molecule has 1 amide bonds. The molecule has 3 aromatic rings. The Hall–Kier alpha value is -2.73. The number of aryl methyl sites for hydroxylation is 1.